The third kappa shape index (κ3) is 2.44. The van der Waals surface area contributed by atoms with E-state index in [9.17, 15) is 0 Å². The zero-order valence-electron chi connectivity index (χ0n) is 24.7. The topological polar surface area (TPSA) is 11.4 Å². The fourth-order valence-electron chi connectivity index (χ4n) is 8.25. The molecule has 36 heavy (non-hydrogen) atoms. The Morgan fingerprint density at radius 3 is 1.83 bits per heavy atom. The highest BCUT2D eigenvalue weighted by Gasteiger charge is 2.47. The molecule has 3 aliphatic rings. The van der Waals surface area contributed by atoms with E-state index >= 15 is 0 Å². The van der Waals surface area contributed by atoms with E-state index in [1.807, 2.05) is 0 Å². The van der Waals surface area contributed by atoms with Crippen molar-refractivity contribution < 1.29 is 0 Å². The molecule has 0 amide bonds. The summed E-state index contributed by atoms with van der Waals surface area (Å²) in [4.78, 5) is 5.24. The molecule has 0 fully saturated rings. The summed E-state index contributed by atoms with van der Waals surface area (Å²) < 4.78 is 2.55. The summed E-state index contributed by atoms with van der Waals surface area (Å²) in [6.45, 7) is 23.7. The second-order valence-corrected chi connectivity index (χ2v) is 12.3. The normalized spacial score (nSPS) is 26.1. The Bertz CT molecular complexity index is 1590. The molecule has 4 atom stereocenters. The molecule has 1 aliphatic carbocycles. The lowest BCUT2D eigenvalue weighted by Crippen LogP contribution is -2.36. The summed E-state index contributed by atoms with van der Waals surface area (Å²) in [5.74, 6) is 0.501. The summed E-state index contributed by atoms with van der Waals surface area (Å²) in [5, 5.41) is 2.99. The fraction of sp³-hybridized carbons (Fsp3) is 0.515. The number of hydrogen-bond donors (Lipinski definition) is 0. The first kappa shape index (κ1) is 23.9. The SMILES string of the molecule is CC1=C(C)C(C)C2C(=C1C)c1c3c(c4c5c(C)c(C)c(C)c(C)c5n(C)c4c1N2C)C(C)N(C)C3C. The van der Waals surface area contributed by atoms with Gasteiger partial charge in [-0.1, -0.05) is 12.5 Å². The molecule has 190 valence electrons. The van der Waals surface area contributed by atoms with Gasteiger partial charge >= 0.3 is 0 Å². The van der Waals surface area contributed by atoms with Gasteiger partial charge in [-0.05, 0) is 119 Å². The highest BCUT2D eigenvalue weighted by atomic mass is 15.2. The average Bonchev–Trinajstić information content (AvgIpc) is 3.40. The zero-order chi connectivity index (χ0) is 26.3. The summed E-state index contributed by atoms with van der Waals surface area (Å²) in [5.41, 5.74) is 20.9. The van der Waals surface area contributed by atoms with Gasteiger partial charge in [0.2, 0.25) is 0 Å². The Morgan fingerprint density at radius 1 is 0.611 bits per heavy atom. The maximum atomic E-state index is 2.65. The Balaban J connectivity index is 1.93. The molecule has 2 aromatic carbocycles. The average molecular weight is 482 g/mol. The molecule has 3 heteroatoms. The van der Waals surface area contributed by atoms with Crippen molar-refractivity contribution in [2.24, 2.45) is 13.0 Å². The van der Waals surface area contributed by atoms with Crippen LogP contribution in [0.1, 0.15) is 92.6 Å². The minimum Gasteiger partial charge on any atom is -0.365 e. The molecule has 3 aromatic rings. The van der Waals surface area contributed by atoms with Crippen molar-refractivity contribution in [2.45, 2.75) is 87.4 Å². The van der Waals surface area contributed by atoms with E-state index in [2.05, 4.69) is 105 Å². The molecule has 4 unspecified atom stereocenters. The third-order valence-corrected chi connectivity index (χ3v) is 11.2. The van der Waals surface area contributed by atoms with Crippen LogP contribution in [0.2, 0.25) is 0 Å². The molecular formula is C33H43N3. The number of nitrogens with zero attached hydrogens (tertiary/aromatic N) is 3. The van der Waals surface area contributed by atoms with Gasteiger partial charge in [-0.25, -0.2) is 0 Å². The second-order valence-electron chi connectivity index (χ2n) is 12.3. The molecule has 0 N–H and O–H groups in total. The van der Waals surface area contributed by atoms with Gasteiger partial charge in [0.1, 0.15) is 0 Å². The van der Waals surface area contributed by atoms with Gasteiger partial charge in [0.15, 0.2) is 0 Å². The second kappa shape index (κ2) is 7.28. The zero-order valence-corrected chi connectivity index (χ0v) is 24.7. The summed E-state index contributed by atoms with van der Waals surface area (Å²) in [7, 11) is 7.00. The van der Waals surface area contributed by atoms with Gasteiger partial charge in [-0.3, -0.25) is 4.90 Å². The Kier molecular flexibility index (Phi) is 4.83. The van der Waals surface area contributed by atoms with Crippen molar-refractivity contribution >= 4 is 33.1 Å². The summed E-state index contributed by atoms with van der Waals surface area (Å²) in [6, 6.07) is 1.18. The van der Waals surface area contributed by atoms with Crippen molar-refractivity contribution in [1.82, 2.24) is 9.47 Å². The van der Waals surface area contributed by atoms with Crippen LogP contribution in [0.5, 0.6) is 0 Å². The van der Waals surface area contributed by atoms with Crippen molar-refractivity contribution in [3.63, 3.8) is 0 Å². The van der Waals surface area contributed by atoms with E-state index in [1.54, 1.807) is 27.8 Å². The van der Waals surface area contributed by atoms with Crippen LogP contribution < -0.4 is 4.90 Å². The first-order chi connectivity index (χ1) is 16.8. The van der Waals surface area contributed by atoms with E-state index in [-0.39, 0.29) is 0 Å². The Morgan fingerprint density at radius 2 is 1.19 bits per heavy atom. The predicted molar refractivity (Wildman–Crippen MR) is 156 cm³/mol. The van der Waals surface area contributed by atoms with Crippen LogP contribution in [0.3, 0.4) is 0 Å². The van der Waals surface area contributed by atoms with Gasteiger partial charge in [-0.15, -0.1) is 0 Å². The molecule has 0 spiro atoms. The van der Waals surface area contributed by atoms with Crippen molar-refractivity contribution in [3.8, 4) is 0 Å². The van der Waals surface area contributed by atoms with Crippen LogP contribution in [-0.4, -0.2) is 29.6 Å². The Labute approximate surface area is 217 Å². The van der Waals surface area contributed by atoms with E-state index < -0.39 is 0 Å². The minimum absolute atomic E-state index is 0.388. The van der Waals surface area contributed by atoms with Crippen LogP contribution in [0.15, 0.2) is 16.7 Å². The summed E-state index contributed by atoms with van der Waals surface area (Å²) in [6.07, 6.45) is 0. The highest BCUT2D eigenvalue weighted by molar-refractivity contribution is 6.20. The van der Waals surface area contributed by atoms with E-state index in [0.717, 1.165) is 0 Å². The standard InChI is InChI=1S/C33H43N3/c1-14-16(3)20(7)30-24(18(14)5)28-26-22(9)34(11)23(10)27(26)29-25-19(6)15(2)17(4)21(8)31(25)36(13)33(29)32(28)35(30)12/h20,22-23,30H,1-13H3. The van der Waals surface area contributed by atoms with Crippen LogP contribution in [0.4, 0.5) is 5.69 Å². The van der Waals surface area contributed by atoms with Gasteiger partial charge in [0.05, 0.1) is 22.8 Å². The molecule has 2 aliphatic heterocycles. The van der Waals surface area contributed by atoms with Gasteiger partial charge in [0, 0.05) is 48.4 Å². The molecular weight excluding hydrogens is 438 g/mol. The fourth-order valence-corrected chi connectivity index (χ4v) is 8.25. The van der Waals surface area contributed by atoms with Crippen LogP contribution >= 0.6 is 0 Å². The molecule has 3 nitrogen and oxygen atoms in total. The maximum absolute atomic E-state index is 2.65. The monoisotopic (exact) mass is 481 g/mol. The molecule has 0 saturated heterocycles. The van der Waals surface area contributed by atoms with E-state index in [0.29, 0.717) is 24.0 Å². The number of rotatable bonds is 0. The van der Waals surface area contributed by atoms with Crippen LogP contribution in [0.25, 0.3) is 27.4 Å². The number of likely N-dealkylation sites (N-methyl/N-ethyl adjacent to an activating group) is 1. The molecule has 6 rings (SSSR count). The number of allylic oxidation sites excluding steroid dienone is 2. The lowest BCUT2D eigenvalue weighted by atomic mass is 9.75. The molecule has 0 radical (unpaired) electrons. The number of anilines is 1. The number of aromatic nitrogens is 1. The van der Waals surface area contributed by atoms with Crippen molar-refractivity contribution in [3.05, 3.63) is 55.7 Å². The predicted octanol–water partition coefficient (Wildman–Crippen LogP) is 8.21. The quantitative estimate of drug-likeness (QED) is 0.320. The number of aryl methyl sites for hydroxylation is 3. The van der Waals surface area contributed by atoms with E-state index in [4.69, 9.17) is 0 Å². The molecule has 0 bridgehead atoms. The molecule has 3 heterocycles. The van der Waals surface area contributed by atoms with E-state index in [1.165, 1.54) is 60.9 Å². The van der Waals surface area contributed by atoms with Crippen LogP contribution in [0, 0.1) is 33.6 Å². The number of hydrogen-bond acceptors (Lipinski definition) is 2. The largest absolute Gasteiger partial charge is 0.365 e. The lowest BCUT2D eigenvalue weighted by molar-refractivity contribution is 0.233. The maximum Gasteiger partial charge on any atom is 0.0736 e. The summed E-state index contributed by atoms with van der Waals surface area (Å²) >= 11 is 0. The smallest absolute Gasteiger partial charge is 0.0736 e. The van der Waals surface area contributed by atoms with Crippen molar-refractivity contribution in [1.29, 1.82) is 0 Å². The van der Waals surface area contributed by atoms with Crippen LogP contribution in [-0.2, 0) is 7.05 Å². The number of fused-ring (bicyclic) bond motifs is 10. The lowest BCUT2D eigenvalue weighted by Gasteiger charge is -2.35. The highest BCUT2D eigenvalue weighted by Crippen LogP contribution is 2.60. The van der Waals surface area contributed by atoms with Gasteiger partial charge in [0.25, 0.3) is 0 Å². The first-order valence-electron chi connectivity index (χ1n) is 13.8. The van der Waals surface area contributed by atoms with Gasteiger partial charge in [-0.2, -0.15) is 0 Å². The van der Waals surface area contributed by atoms with Crippen molar-refractivity contribution in [2.75, 3.05) is 19.0 Å². The first-order valence-corrected chi connectivity index (χ1v) is 13.8. The Hall–Kier alpha value is -2.52. The number of benzene rings is 2. The minimum atomic E-state index is 0.388. The molecule has 1 aromatic heterocycles. The molecule has 0 saturated carbocycles. The van der Waals surface area contributed by atoms with Gasteiger partial charge < -0.3 is 9.47 Å². The third-order valence-electron chi connectivity index (χ3n) is 11.2.